The van der Waals surface area contributed by atoms with Gasteiger partial charge in [-0.3, -0.25) is 9.59 Å². The van der Waals surface area contributed by atoms with Crippen LogP contribution in [0, 0.1) is 5.92 Å². The number of nitrogens with zero attached hydrogens (tertiary/aromatic N) is 1. The molecule has 0 atom stereocenters. The lowest BCUT2D eigenvalue weighted by molar-refractivity contribution is -0.870. The summed E-state index contributed by atoms with van der Waals surface area (Å²) in [6.07, 6.45) is -0.102. The van der Waals surface area contributed by atoms with Crippen molar-refractivity contribution in [2.45, 2.75) is 20.3 Å². The molecule has 0 aromatic carbocycles. The van der Waals surface area contributed by atoms with Crippen LogP contribution in [0.4, 0.5) is 0 Å². The Morgan fingerprint density at radius 2 is 1.73 bits per heavy atom. The molecule has 15 heavy (non-hydrogen) atoms. The molecule has 0 spiro atoms. The van der Waals surface area contributed by atoms with Crippen molar-refractivity contribution in [1.29, 1.82) is 0 Å². The summed E-state index contributed by atoms with van der Waals surface area (Å²) in [5, 5.41) is 0. The van der Waals surface area contributed by atoms with Gasteiger partial charge in [0.2, 0.25) is 0 Å². The lowest BCUT2D eigenvalue weighted by Crippen LogP contribution is -2.38. The zero-order valence-corrected chi connectivity index (χ0v) is 10.4. The average molecular weight is 216 g/mol. The van der Waals surface area contributed by atoms with Gasteiger partial charge in [0.15, 0.2) is 0 Å². The summed E-state index contributed by atoms with van der Waals surface area (Å²) in [4.78, 5) is 22.4. The van der Waals surface area contributed by atoms with Crippen molar-refractivity contribution in [3.8, 4) is 0 Å². The molecule has 0 aliphatic carbocycles. The zero-order valence-electron chi connectivity index (χ0n) is 10.4. The van der Waals surface area contributed by atoms with E-state index >= 15 is 0 Å². The first-order chi connectivity index (χ1) is 6.72. The van der Waals surface area contributed by atoms with Crippen LogP contribution in [0.15, 0.2) is 0 Å². The molecule has 0 heterocycles. The van der Waals surface area contributed by atoms with Gasteiger partial charge in [-0.25, -0.2) is 0 Å². The number of quaternary nitrogens is 1. The highest BCUT2D eigenvalue weighted by atomic mass is 16.5. The van der Waals surface area contributed by atoms with Crippen LogP contribution in [0.1, 0.15) is 20.3 Å². The molecule has 0 saturated heterocycles. The summed E-state index contributed by atoms with van der Waals surface area (Å²) in [6, 6.07) is 0. The third kappa shape index (κ3) is 8.12. The summed E-state index contributed by atoms with van der Waals surface area (Å²) >= 11 is 0. The topological polar surface area (TPSA) is 43.4 Å². The molecule has 0 bridgehead atoms. The van der Waals surface area contributed by atoms with Crippen molar-refractivity contribution in [3.05, 3.63) is 0 Å². The molecule has 0 aromatic heterocycles. The van der Waals surface area contributed by atoms with Gasteiger partial charge in [0.25, 0.3) is 0 Å². The molecule has 0 aromatic rings. The number of esters is 1. The summed E-state index contributed by atoms with van der Waals surface area (Å²) in [5.41, 5.74) is 0. The number of hydrogen-bond donors (Lipinski definition) is 0. The molecule has 0 aliphatic rings. The van der Waals surface area contributed by atoms with Gasteiger partial charge in [-0.1, -0.05) is 13.8 Å². The third-order valence-corrected chi connectivity index (χ3v) is 1.99. The first-order valence-corrected chi connectivity index (χ1v) is 5.21. The van der Waals surface area contributed by atoms with Crippen LogP contribution >= 0.6 is 0 Å². The highest BCUT2D eigenvalue weighted by Crippen LogP contribution is 2.00. The molecular weight excluding hydrogens is 194 g/mol. The molecule has 4 nitrogen and oxygen atoms in total. The quantitative estimate of drug-likeness (QED) is 0.375. The minimum atomic E-state index is -0.415. The van der Waals surface area contributed by atoms with E-state index in [2.05, 4.69) is 0 Å². The van der Waals surface area contributed by atoms with E-state index in [-0.39, 0.29) is 18.1 Å². The molecular formula is C11H22NO3+. The average Bonchev–Trinajstić information content (AvgIpc) is 2.01. The summed E-state index contributed by atoms with van der Waals surface area (Å²) < 4.78 is 5.70. The summed E-state index contributed by atoms with van der Waals surface area (Å²) in [7, 11) is 6.06. The number of hydrogen-bond acceptors (Lipinski definition) is 3. The fourth-order valence-corrected chi connectivity index (χ4v) is 0.831. The number of ether oxygens (including phenoxy) is 1. The van der Waals surface area contributed by atoms with E-state index in [1.807, 2.05) is 21.1 Å². The maximum absolute atomic E-state index is 11.2. The SMILES string of the molecule is CC(C)C(=O)CC(=O)OCC[N+](C)(C)C. The van der Waals surface area contributed by atoms with Crippen LogP contribution in [0.5, 0.6) is 0 Å². The second-order valence-electron chi connectivity index (χ2n) is 5.03. The van der Waals surface area contributed by atoms with E-state index in [9.17, 15) is 9.59 Å². The van der Waals surface area contributed by atoms with Gasteiger partial charge in [-0.2, -0.15) is 0 Å². The van der Waals surface area contributed by atoms with Crippen molar-refractivity contribution < 1.29 is 18.8 Å². The van der Waals surface area contributed by atoms with Crippen LogP contribution in [-0.4, -0.2) is 50.5 Å². The van der Waals surface area contributed by atoms with Gasteiger partial charge < -0.3 is 9.22 Å². The number of Topliss-reactive ketones (excluding diaryl/α,β-unsaturated/α-hetero) is 1. The Morgan fingerprint density at radius 1 is 1.20 bits per heavy atom. The van der Waals surface area contributed by atoms with Crippen LogP contribution in [0.25, 0.3) is 0 Å². The molecule has 0 radical (unpaired) electrons. The van der Waals surface area contributed by atoms with Crippen molar-refractivity contribution in [2.75, 3.05) is 34.3 Å². The lowest BCUT2D eigenvalue weighted by atomic mass is 10.1. The van der Waals surface area contributed by atoms with E-state index < -0.39 is 5.97 Å². The number of carbonyl (C=O) groups is 2. The third-order valence-electron chi connectivity index (χ3n) is 1.99. The molecule has 0 N–H and O–H groups in total. The Labute approximate surface area is 91.8 Å². The maximum atomic E-state index is 11.2. The zero-order chi connectivity index (χ0) is 12.1. The maximum Gasteiger partial charge on any atom is 0.313 e. The van der Waals surface area contributed by atoms with Gasteiger partial charge in [-0.05, 0) is 0 Å². The second kappa shape index (κ2) is 5.85. The van der Waals surface area contributed by atoms with Crippen LogP contribution in [0.2, 0.25) is 0 Å². The predicted octanol–water partition coefficient (Wildman–Crippen LogP) is 0.851. The Balaban J connectivity index is 3.72. The summed E-state index contributed by atoms with van der Waals surface area (Å²) in [5.74, 6) is -0.580. The molecule has 88 valence electrons. The Kier molecular flexibility index (Phi) is 5.50. The number of rotatable bonds is 6. The van der Waals surface area contributed by atoms with Gasteiger partial charge in [0, 0.05) is 5.92 Å². The largest absolute Gasteiger partial charge is 0.459 e. The normalized spacial score (nSPS) is 11.6. The molecule has 0 fully saturated rings. The van der Waals surface area contributed by atoms with Crippen molar-refractivity contribution in [3.63, 3.8) is 0 Å². The summed E-state index contributed by atoms with van der Waals surface area (Å²) in [6.45, 7) is 4.68. The highest BCUT2D eigenvalue weighted by Gasteiger charge is 2.15. The minimum absolute atomic E-state index is 0.0646. The van der Waals surface area contributed by atoms with Gasteiger partial charge >= 0.3 is 5.97 Å². The Bertz CT molecular complexity index is 228. The highest BCUT2D eigenvalue weighted by molar-refractivity contribution is 5.96. The molecule has 0 aliphatic heterocycles. The lowest BCUT2D eigenvalue weighted by Gasteiger charge is -2.23. The van der Waals surface area contributed by atoms with Crippen LogP contribution < -0.4 is 0 Å². The monoisotopic (exact) mass is 216 g/mol. The number of likely N-dealkylation sites (N-methyl/N-ethyl adjacent to an activating group) is 1. The van der Waals surface area contributed by atoms with Gasteiger partial charge in [-0.15, -0.1) is 0 Å². The predicted molar refractivity (Wildman–Crippen MR) is 58.3 cm³/mol. The van der Waals surface area contributed by atoms with Crippen molar-refractivity contribution in [1.82, 2.24) is 0 Å². The van der Waals surface area contributed by atoms with E-state index in [0.717, 1.165) is 11.0 Å². The van der Waals surface area contributed by atoms with Crippen molar-refractivity contribution in [2.24, 2.45) is 5.92 Å². The smallest absolute Gasteiger partial charge is 0.313 e. The Hall–Kier alpha value is -0.900. The van der Waals surface area contributed by atoms with Crippen LogP contribution in [-0.2, 0) is 14.3 Å². The van der Waals surface area contributed by atoms with Gasteiger partial charge in [0.05, 0.1) is 21.1 Å². The fourth-order valence-electron chi connectivity index (χ4n) is 0.831. The fraction of sp³-hybridized carbons (Fsp3) is 0.818. The molecule has 0 amide bonds. The minimum Gasteiger partial charge on any atom is -0.459 e. The van der Waals surface area contributed by atoms with E-state index in [0.29, 0.717) is 6.61 Å². The molecule has 0 saturated carbocycles. The van der Waals surface area contributed by atoms with Crippen LogP contribution in [0.3, 0.4) is 0 Å². The van der Waals surface area contributed by atoms with Gasteiger partial charge in [0.1, 0.15) is 25.4 Å². The standard InChI is InChI=1S/C11H22NO3/c1-9(2)10(13)8-11(14)15-7-6-12(3,4)5/h9H,6-8H2,1-5H3/q+1. The first kappa shape index (κ1) is 14.1. The second-order valence-corrected chi connectivity index (χ2v) is 5.03. The molecule has 0 unspecified atom stereocenters. The van der Waals surface area contributed by atoms with E-state index in [1.54, 1.807) is 13.8 Å². The Morgan fingerprint density at radius 3 is 2.13 bits per heavy atom. The number of carbonyl (C=O) groups excluding carboxylic acids is 2. The number of ketones is 1. The van der Waals surface area contributed by atoms with E-state index in [1.165, 1.54) is 0 Å². The molecule has 0 rings (SSSR count). The van der Waals surface area contributed by atoms with Crippen molar-refractivity contribution >= 4 is 11.8 Å². The first-order valence-electron chi connectivity index (χ1n) is 5.21. The van der Waals surface area contributed by atoms with E-state index in [4.69, 9.17) is 4.74 Å². The molecule has 4 heteroatoms.